The molecule has 0 atom stereocenters. The highest BCUT2D eigenvalue weighted by Gasteiger charge is 2.21. The van der Waals surface area contributed by atoms with Crippen molar-refractivity contribution in [2.45, 2.75) is 6.92 Å². The zero-order valence-electron chi connectivity index (χ0n) is 14.9. The summed E-state index contributed by atoms with van der Waals surface area (Å²) >= 11 is 0. The fourth-order valence-corrected chi connectivity index (χ4v) is 2.95. The Labute approximate surface area is 161 Å². The Morgan fingerprint density at radius 3 is 2.71 bits per heavy atom. The first-order valence-corrected chi connectivity index (χ1v) is 8.59. The Morgan fingerprint density at radius 2 is 1.89 bits per heavy atom. The van der Waals surface area contributed by atoms with Crippen LogP contribution >= 0.6 is 0 Å². The molecule has 1 aliphatic heterocycles. The molecule has 136 valence electrons. The van der Waals surface area contributed by atoms with Crippen molar-refractivity contribution in [1.29, 1.82) is 5.26 Å². The van der Waals surface area contributed by atoms with Gasteiger partial charge in [0.25, 0.3) is 11.8 Å². The number of fused-ring (bicyclic) bond motifs is 2. The zero-order chi connectivity index (χ0) is 19.7. The Hall–Kier alpha value is -4.11. The smallest absolute Gasteiger partial charge is 0.259 e. The second kappa shape index (κ2) is 6.89. The van der Waals surface area contributed by atoms with Crippen LogP contribution in [0.4, 0.5) is 11.4 Å². The highest BCUT2D eigenvalue weighted by atomic mass is 16.5. The monoisotopic (exact) mass is 369 g/mol. The van der Waals surface area contributed by atoms with Crippen molar-refractivity contribution in [2.75, 3.05) is 10.6 Å². The Bertz CT molecular complexity index is 1160. The number of nitrogens with one attached hydrogen (secondary N) is 2. The van der Waals surface area contributed by atoms with Crippen molar-refractivity contribution in [3.05, 3.63) is 82.9 Å². The number of ether oxygens (including phenoxy) is 1. The summed E-state index contributed by atoms with van der Waals surface area (Å²) in [5.74, 6) is 0.278. The van der Waals surface area contributed by atoms with Gasteiger partial charge in [-0.3, -0.25) is 9.59 Å². The molecule has 2 amide bonds. The molecule has 0 radical (unpaired) electrons. The third-order valence-corrected chi connectivity index (χ3v) is 4.34. The summed E-state index contributed by atoms with van der Waals surface area (Å²) < 4.78 is 5.87. The van der Waals surface area contributed by atoms with Gasteiger partial charge in [0.1, 0.15) is 5.75 Å². The van der Waals surface area contributed by atoms with Crippen molar-refractivity contribution in [3.8, 4) is 17.6 Å². The van der Waals surface area contributed by atoms with Gasteiger partial charge in [-0.05, 0) is 61.0 Å². The number of hydrogen-bond donors (Lipinski definition) is 2. The average Bonchev–Trinajstić information content (AvgIpc) is 2.83. The molecule has 0 unspecified atom stereocenters. The summed E-state index contributed by atoms with van der Waals surface area (Å²) in [5.41, 5.74) is 3.12. The van der Waals surface area contributed by atoms with Gasteiger partial charge < -0.3 is 15.4 Å². The quantitative estimate of drug-likeness (QED) is 0.697. The van der Waals surface area contributed by atoms with Gasteiger partial charge in [0, 0.05) is 11.3 Å². The normalized spacial score (nSPS) is 11.8. The molecule has 6 heteroatoms. The molecule has 0 saturated carbocycles. The highest BCUT2D eigenvalue weighted by molar-refractivity contribution is 6.10. The van der Waals surface area contributed by atoms with Gasteiger partial charge in [0.05, 0.1) is 22.9 Å². The van der Waals surface area contributed by atoms with E-state index in [1.807, 2.05) is 25.1 Å². The Balaban J connectivity index is 1.62. The number of hydrogen-bond acceptors (Lipinski definition) is 4. The van der Waals surface area contributed by atoms with E-state index in [-0.39, 0.29) is 11.8 Å². The van der Waals surface area contributed by atoms with E-state index >= 15 is 0 Å². The third kappa shape index (κ3) is 3.29. The molecular weight excluding hydrogens is 354 g/mol. The van der Waals surface area contributed by atoms with Crippen LogP contribution in [0.5, 0.6) is 11.5 Å². The number of anilines is 2. The van der Waals surface area contributed by atoms with Crippen LogP contribution < -0.4 is 15.4 Å². The van der Waals surface area contributed by atoms with Crippen molar-refractivity contribution >= 4 is 23.2 Å². The second-order valence-corrected chi connectivity index (χ2v) is 6.41. The predicted octanol–water partition coefficient (Wildman–Crippen LogP) is 4.48. The molecule has 28 heavy (non-hydrogen) atoms. The summed E-state index contributed by atoms with van der Waals surface area (Å²) in [4.78, 5) is 25.1. The van der Waals surface area contributed by atoms with E-state index < -0.39 is 0 Å². The van der Waals surface area contributed by atoms with E-state index in [0.717, 1.165) is 5.56 Å². The fourth-order valence-electron chi connectivity index (χ4n) is 2.95. The molecule has 3 aromatic rings. The van der Waals surface area contributed by atoms with Crippen LogP contribution in [0.15, 0.2) is 60.7 Å². The minimum absolute atomic E-state index is 0.317. The van der Waals surface area contributed by atoms with Crippen molar-refractivity contribution < 1.29 is 14.3 Å². The molecule has 0 spiro atoms. The van der Waals surface area contributed by atoms with Crippen LogP contribution in [0.1, 0.15) is 31.8 Å². The van der Waals surface area contributed by atoms with E-state index in [2.05, 4.69) is 10.6 Å². The summed E-state index contributed by atoms with van der Waals surface area (Å²) in [6.07, 6.45) is 0. The number of benzene rings is 3. The maximum Gasteiger partial charge on any atom is 0.259 e. The first-order chi connectivity index (χ1) is 13.5. The van der Waals surface area contributed by atoms with Gasteiger partial charge in [0.15, 0.2) is 5.75 Å². The topological polar surface area (TPSA) is 91.2 Å². The molecule has 0 aromatic heterocycles. The van der Waals surface area contributed by atoms with Crippen LogP contribution in [0, 0.1) is 18.3 Å². The number of nitrogens with zero attached hydrogens (tertiary/aromatic N) is 1. The van der Waals surface area contributed by atoms with Crippen LogP contribution in [-0.4, -0.2) is 11.8 Å². The number of amides is 2. The van der Waals surface area contributed by atoms with E-state index in [4.69, 9.17) is 10.00 Å². The largest absolute Gasteiger partial charge is 0.454 e. The molecule has 4 rings (SSSR count). The maximum absolute atomic E-state index is 12.6. The lowest BCUT2D eigenvalue weighted by Gasteiger charge is -2.10. The van der Waals surface area contributed by atoms with E-state index in [1.54, 1.807) is 42.5 Å². The van der Waals surface area contributed by atoms with Crippen LogP contribution in [-0.2, 0) is 0 Å². The number of rotatable bonds is 2. The average molecular weight is 369 g/mol. The maximum atomic E-state index is 12.6. The zero-order valence-corrected chi connectivity index (χ0v) is 14.9. The van der Waals surface area contributed by atoms with E-state index in [0.29, 0.717) is 39.6 Å². The lowest BCUT2D eigenvalue weighted by Crippen LogP contribution is -2.14. The molecule has 0 saturated heterocycles. The first kappa shape index (κ1) is 17.3. The predicted molar refractivity (Wildman–Crippen MR) is 105 cm³/mol. The van der Waals surface area contributed by atoms with Crippen LogP contribution in [0.25, 0.3) is 0 Å². The van der Waals surface area contributed by atoms with Gasteiger partial charge in [-0.1, -0.05) is 12.1 Å². The summed E-state index contributed by atoms with van der Waals surface area (Å²) in [6, 6.07) is 18.8. The third-order valence-electron chi connectivity index (χ3n) is 4.34. The van der Waals surface area contributed by atoms with Gasteiger partial charge in [-0.25, -0.2) is 0 Å². The second-order valence-electron chi connectivity index (χ2n) is 6.41. The minimum Gasteiger partial charge on any atom is -0.454 e. The molecule has 2 N–H and O–H groups in total. The number of carbonyl (C=O) groups excluding carboxylic acids is 2. The van der Waals surface area contributed by atoms with Crippen LogP contribution in [0.3, 0.4) is 0 Å². The van der Waals surface area contributed by atoms with Crippen LogP contribution in [0.2, 0.25) is 0 Å². The SMILES string of the molecule is Cc1ccc2c(c1)NC(=O)c1cc(NC(=O)c3cccc(C#N)c3)ccc1O2. The summed E-state index contributed by atoms with van der Waals surface area (Å²) in [6.45, 7) is 1.93. The molecule has 0 aliphatic carbocycles. The number of carbonyl (C=O) groups is 2. The number of aryl methyl sites for hydroxylation is 1. The molecule has 6 nitrogen and oxygen atoms in total. The van der Waals surface area contributed by atoms with Gasteiger partial charge in [0.2, 0.25) is 0 Å². The molecule has 1 heterocycles. The van der Waals surface area contributed by atoms with E-state index in [9.17, 15) is 9.59 Å². The van der Waals surface area contributed by atoms with Gasteiger partial charge >= 0.3 is 0 Å². The van der Waals surface area contributed by atoms with E-state index in [1.165, 1.54) is 6.07 Å². The number of nitriles is 1. The minimum atomic E-state index is -0.370. The molecule has 0 fully saturated rings. The van der Waals surface area contributed by atoms with Gasteiger partial charge in [-0.15, -0.1) is 0 Å². The molecule has 0 bridgehead atoms. The van der Waals surface area contributed by atoms with Crippen molar-refractivity contribution in [2.24, 2.45) is 0 Å². The molecular formula is C22H15N3O3. The first-order valence-electron chi connectivity index (χ1n) is 8.59. The lowest BCUT2D eigenvalue weighted by molar-refractivity contribution is 0.101. The highest BCUT2D eigenvalue weighted by Crippen LogP contribution is 2.37. The standard InChI is InChI=1S/C22H15N3O3/c1-13-5-7-20-18(9-13)25-22(27)17-11-16(6-8-19(17)28-20)24-21(26)15-4-2-3-14(10-15)12-23/h2-11H,1H3,(H,24,26)(H,25,27). The van der Waals surface area contributed by atoms with Gasteiger partial charge in [-0.2, -0.15) is 5.26 Å². The van der Waals surface area contributed by atoms with Crippen molar-refractivity contribution in [1.82, 2.24) is 0 Å². The summed E-state index contributed by atoms with van der Waals surface area (Å²) in [7, 11) is 0. The molecule has 3 aromatic carbocycles. The Kier molecular flexibility index (Phi) is 4.26. The fraction of sp³-hybridized carbons (Fsp3) is 0.0455. The molecule has 1 aliphatic rings. The Morgan fingerprint density at radius 1 is 1.07 bits per heavy atom. The lowest BCUT2D eigenvalue weighted by atomic mass is 10.1. The summed E-state index contributed by atoms with van der Waals surface area (Å²) in [5, 5.41) is 14.6. The van der Waals surface area contributed by atoms with Crippen molar-refractivity contribution in [3.63, 3.8) is 0 Å².